The summed E-state index contributed by atoms with van der Waals surface area (Å²) in [6.07, 6.45) is -2.40. The van der Waals surface area contributed by atoms with Crippen molar-refractivity contribution in [1.82, 2.24) is 4.90 Å². The van der Waals surface area contributed by atoms with E-state index in [0.717, 1.165) is 4.47 Å². The Hall–Kier alpha value is -1.30. The van der Waals surface area contributed by atoms with Gasteiger partial charge in [0, 0.05) is 4.47 Å². The number of ether oxygens (including phenoxy) is 2. The molecule has 0 radical (unpaired) electrons. The summed E-state index contributed by atoms with van der Waals surface area (Å²) in [5, 5.41) is 0. The van der Waals surface area contributed by atoms with E-state index in [0.29, 0.717) is 5.75 Å². The third-order valence-corrected chi connectivity index (χ3v) is 3.48. The van der Waals surface area contributed by atoms with Gasteiger partial charge in [-0.25, -0.2) is 9.18 Å². The largest absolute Gasteiger partial charge is 0.485 e. The van der Waals surface area contributed by atoms with E-state index in [9.17, 15) is 9.18 Å². The SMILES string of the molecule is CC(C)(C)OC(=O)N1C[C@@H](F)[C@H](Oc2ccc(Br)cc2)C1. The van der Waals surface area contributed by atoms with Crippen molar-refractivity contribution in [2.45, 2.75) is 38.6 Å². The van der Waals surface area contributed by atoms with Crippen LogP contribution in [0.3, 0.4) is 0 Å². The zero-order valence-electron chi connectivity index (χ0n) is 12.3. The van der Waals surface area contributed by atoms with Gasteiger partial charge in [-0.2, -0.15) is 0 Å². The van der Waals surface area contributed by atoms with Crippen LogP contribution >= 0.6 is 15.9 Å². The molecule has 0 spiro atoms. The van der Waals surface area contributed by atoms with Crippen molar-refractivity contribution >= 4 is 22.0 Å². The number of carbonyl (C=O) groups is 1. The summed E-state index contributed by atoms with van der Waals surface area (Å²) < 4.78 is 25.8. The molecule has 1 aliphatic heterocycles. The Labute approximate surface area is 132 Å². The zero-order chi connectivity index (χ0) is 15.6. The van der Waals surface area contributed by atoms with Crippen molar-refractivity contribution in [2.75, 3.05) is 13.1 Å². The zero-order valence-corrected chi connectivity index (χ0v) is 13.9. The highest BCUT2D eigenvalue weighted by Gasteiger charge is 2.38. The van der Waals surface area contributed by atoms with Crippen molar-refractivity contribution in [2.24, 2.45) is 0 Å². The lowest BCUT2D eigenvalue weighted by Crippen LogP contribution is -2.36. The number of likely N-dealkylation sites (tertiary alicyclic amines) is 1. The van der Waals surface area contributed by atoms with Crippen molar-refractivity contribution in [3.63, 3.8) is 0 Å². The maximum atomic E-state index is 14.0. The van der Waals surface area contributed by atoms with Crippen molar-refractivity contribution in [3.05, 3.63) is 28.7 Å². The highest BCUT2D eigenvalue weighted by Crippen LogP contribution is 2.23. The number of hydrogen-bond donors (Lipinski definition) is 0. The average molecular weight is 360 g/mol. The molecule has 21 heavy (non-hydrogen) atoms. The molecule has 0 bridgehead atoms. The summed E-state index contributed by atoms with van der Waals surface area (Å²) in [5.41, 5.74) is -0.590. The molecule has 2 rings (SSSR count). The topological polar surface area (TPSA) is 38.8 Å². The molecule has 1 saturated heterocycles. The molecule has 1 amide bonds. The molecule has 2 atom stereocenters. The van der Waals surface area contributed by atoms with Crippen LogP contribution in [-0.2, 0) is 4.74 Å². The molecule has 0 N–H and O–H groups in total. The summed E-state index contributed by atoms with van der Waals surface area (Å²) in [4.78, 5) is 13.3. The molecule has 0 aliphatic carbocycles. The fourth-order valence-electron chi connectivity index (χ4n) is 2.01. The van der Waals surface area contributed by atoms with Gasteiger partial charge in [-0.3, -0.25) is 0 Å². The second-order valence-electron chi connectivity index (χ2n) is 6.01. The van der Waals surface area contributed by atoms with Crippen LogP contribution in [0.15, 0.2) is 28.7 Å². The Bertz CT molecular complexity index is 501. The molecule has 1 heterocycles. The van der Waals surface area contributed by atoms with E-state index < -0.39 is 24.0 Å². The summed E-state index contributed by atoms with van der Waals surface area (Å²) in [5.74, 6) is 0.580. The molecule has 0 saturated carbocycles. The van der Waals surface area contributed by atoms with Crippen LogP contribution in [0.4, 0.5) is 9.18 Å². The fraction of sp³-hybridized carbons (Fsp3) is 0.533. The van der Waals surface area contributed by atoms with E-state index >= 15 is 0 Å². The lowest BCUT2D eigenvalue weighted by atomic mass is 10.2. The molecule has 0 aromatic heterocycles. The first-order chi connectivity index (χ1) is 9.74. The molecular formula is C15H19BrFNO3. The minimum atomic E-state index is -1.22. The Balaban J connectivity index is 1.94. The Morgan fingerprint density at radius 2 is 1.90 bits per heavy atom. The second kappa shape index (κ2) is 6.22. The smallest absolute Gasteiger partial charge is 0.410 e. The lowest BCUT2D eigenvalue weighted by Gasteiger charge is -2.24. The van der Waals surface area contributed by atoms with Crippen LogP contribution in [0.1, 0.15) is 20.8 Å². The average Bonchev–Trinajstić information content (AvgIpc) is 2.72. The first kappa shape index (κ1) is 16.1. The number of halogens is 2. The number of carbonyl (C=O) groups excluding carboxylic acids is 1. The maximum absolute atomic E-state index is 14.0. The first-order valence-corrected chi connectivity index (χ1v) is 7.58. The minimum Gasteiger partial charge on any atom is -0.485 e. The monoisotopic (exact) mass is 359 g/mol. The lowest BCUT2D eigenvalue weighted by molar-refractivity contribution is 0.0273. The van der Waals surface area contributed by atoms with Crippen LogP contribution in [0.5, 0.6) is 5.75 Å². The third kappa shape index (κ3) is 4.59. The normalized spacial score (nSPS) is 22.2. The number of hydrogen-bond acceptors (Lipinski definition) is 3. The summed E-state index contributed by atoms with van der Waals surface area (Å²) in [6, 6.07) is 7.16. The first-order valence-electron chi connectivity index (χ1n) is 6.79. The van der Waals surface area contributed by atoms with Gasteiger partial charge >= 0.3 is 6.09 Å². The van der Waals surface area contributed by atoms with Crippen molar-refractivity contribution in [3.8, 4) is 5.75 Å². The number of amides is 1. The predicted octanol–water partition coefficient (Wildman–Crippen LogP) is 3.79. The molecule has 4 nitrogen and oxygen atoms in total. The van der Waals surface area contributed by atoms with Crippen LogP contribution in [0.2, 0.25) is 0 Å². The maximum Gasteiger partial charge on any atom is 0.410 e. The highest BCUT2D eigenvalue weighted by molar-refractivity contribution is 9.10. The summed E-state index contributed by atoms with van der Waals surface area (Å²) in [6.45, 7) is 5.53. The Morgan fingerprint density at radius 3 is 2.48 bits per heavy atom. The summed E-state index contributed by atoms with van der Waals surface area (Å²) >= 11 is 3.33. The summed E-state index contributed by atoms with van der Waals surface area (Å²) in [7, 11) is 0. The fourth-order valence-corrected chi connectivity index (χ4v) is 2.27. The molecule has 1 aromatic carbocycles. The van der Waals surface area contributed by atoms with Crippen molar-refractivity contribution < 1.29 is 18.7 Å². The van der Waals surface area contributed by atoms with E-state index in [1.165, 1.54) is 4.90 Å². The predicted molar refractivity (Wildman–Crippen MR) is 81.3 cm³/mol. The molecule has 1 aliphatic rings. The molecule has 116 valence electrons. The van der Waals surface area contributed by atoms with Gasteiger partial charge in [0.1, 0.15) is 17.5 Å². The number of alkyl halides is 1. The van der Waals surface area contributed by atoms with Gasteiger partial charge < -0.3 is 14.4 Å². The van der Waals surface area contributed by atoms with Crippen molar-refractivity contribution in [1.29, 1.82) is 0 Å². The van der Waals surface area contributed by atoms with Crippen LogP contribution < -0.4 is 4.74 Å². The number of rotatable bonds is 2. The second-order valence-corrected chi connectivity index (χ2v) is 6.93. The van der Waals surface area contributed by atoms with Gasteiger partial charge in [0.05, 0.1) is 13.1 Å². The molecule has 0 unspecified atom stereocenters. The Kier molecular flexibility index (Phi) is 4.76. The van der Waals surface area contributed by atoms with Gasteiger partial charge in [-0.15, -0.1) is 0 Å². The van der Waals surface area contributed by atoms with E-state index in [2.05, 4.69) is 15.9 Å². The van der Waals surface area contributed by atoms with E-state index in [-0.39, 0.29) is 13.1 Å². The van der Waals surface area contributed by atoms with Gasteiger partial charge in [0.15, 0.2) is 6.17 Å². The molecular weight excluding hydrogens is 341 g/mol. The van der Waals surface area contributed by atoms with E-state index in [4.69, 9.17) is 9.47 Å². The van der Waals surface area contributed by atoms with E-state index in [1.54, 1.807) is 32.9 Å². The Morgan fingerprint density at radius 1 is 1.29 bits per heavy atom. The van der Waals surface area contributed by atoms with Gasteiger partial charge in [-0.1, -0.05) is 15.9 Å². The highest BCUT2D eigenvalue weighted by atomic mass is 79.9. The van der Waals surface area contributed by atoms with Gasteiger partial charge in [0.2, 0.25) is 0 Å². The van der Waals surface area contributed by atoms with Crippen LogP contribution in [0, 0.1) is 0 Å². The molecule has 1 fully saturated rings. The van der Waals surface area contributed by atoms with Crippen LogP contribution in [0.25, 0.3) is 0 Å². The van der Waals surface area contributed by atoms with Crippen LogP contribution in [-0.4, -0.2) is 42.0 Å². The number of benzene rings is 1. The molecule has 1 aromatic rings. The third-order valence-electron chi connectivity index (χ3n) is 2.95. The standard InChI is InChI=1S/C15H19BrFNO3/c1-15(2,3)21-14(19)18-8-12(17)13(9-18)20-11-6-4-10(16)5-7-11/h4-7,12-13H,8-9H2,1-3H3/t12-,13-/m1/s1. The number of nitrogens with zero attached hydrogens (tertiary/aromatic N) is 1. The van der Waals surface area contributed by atoms with Gasteiger partial charge in [-0.05, 0) is 45.0 Å². The quantitative estimate of drug-likeness (QED) is 0.806. The van der Waals surface area contributed by atoms with E-state index in [1.807, 2.05) is 12.1 Å². The van der Waals surface area contributed by atoms with Gasteiger partial charge in [0.25, 0.3) is 0 Å². The minimum absolute atomic E-state index is 0.00386. The molecule has 6 heteroatoms.